The van der Waals surface area contributed by atoms with Gasteiger partial charge in [0.2, 0.25) is 0 Å². The Morgan fingerprint density at radius 3 is 1.77 bits per heavy atom. The summed E-state index contributed by atoms with van der Waals surface area (Å²) in [6, 6.07) is 78.0. The molecule has 3 nitrogen and oxygen atoms in total. The standard InChI is InChI=1S/C58H41N3/c59-58(44-19-6-2-7-20-44)60-52(37-29-39-28-35-48-47-24-14-15-27-53(47)61(54(48)38-39)45-21-8-3-9-22-45)41-30-32-43(33-31-41)56-50-26-13-12-25-49(50)55(42-17-4-1-5-18-42)51-36-34-40-16-10-11-23-46(40)57(51)56/h1-28,30-38H,29H2,(H2,59,60)/b52-37-. The zero-order valence-corrected chi connectivity index (χ0v) is 33.5. The van der Waals surface area contributed by atoms with Crippen LogP contribution in [-0.2, 0) is 6.42 Å². The minimum Gasteiger partial charge on any atom is -0.383 e. The van der Waals surface area contributed by atoms with Crippen LogP contribution >= 0.6 is 0 Å². The second-order valence-electron chi connectivity index (χ2n) is 15.6. The minimum absolute atomic E-state index is 0.482. The first-order valence-corrected chi connectivity index (χ1v) is 20.9. The highest BCUT2D eigenvalue weighted by atomic mass is 15.0. The second kappa shape index (κ2) is 15.3. The molecule has 61 heavy (non-hydrogen) atoms. The maximum atomic E-state index is 6.77. The number of nitrogens with zero attached hydrogens (tertiary/aromatic N) is 2. The van der Waals surface area contributed by atoms with E-state index in [1.54, 1.807) is 0 Å². The molecule has 0 atom stereocenters. The third kappa shape index (κ3) is 6.44. The maximum absolute atomic E-state index is 6.77. The Hall–Kier alpha value is -8.01. The summed E-state index contributed by atoms with van der Waals surface area (Å²) in [5.74, 6) is 0.482. The molecule has 0 aliphatic heterocycles. The lowest BCUT2D eigenvalue weighted by molar-refractivity contribution is 1.17. The number of amidine groups is 1. The van der Waals surface area contributed by atoms with E-state index in [1.165, 1.54) is 76.4 Å². The van der Waals surface area contributed by atoms with Gasteiger partial charge in [-0.3, -0.25) is 0 Å². The number of rotatable bonds is 8. The third-order valence-electron chi connectivity index (χ3n) is 12.0. The van der Waals surface area contributed by atoms with Gasteiger partial charge in [-0.1, -0.05) is 200 Å². The molecule has 11 aromatic rings. The van der Waals surface area contributed by atoms with Crippen LogP contribution in [0.15, 0.2) is 229 Å². The van der Waals surface area contributed by atoms with Gasteiger partial charge in [-0.2, -0.15) is 0 Å². The SMILES string of the molecule is NC(=N/C(=C\Cc1ccc2c3ccccc3n(-c3ccccc3)c2c1)c1ccc(-c2c3ccccc3c(-c3ccccc3)c3ccc4ccccc4c23)cc1)c1ccccc1. The minimum atomic E-state index is 0.482. The molecule has 0 aliphatic carbocycles. The normalized spacial score (nSPS) is 12.3. The summed E-state index contributed by atoms with van der Waals surface area (Å²) in [5.41, 5.74) is 19.1. The molecule has 0 fully saturated rings. The molecule has 0 aliphatic rings. The summed E-state index contributed by atoms with van der Waals surface area (Å²) >= 11 is 0. The Morgan fingerprint density at radius 1 is 0.443 bits per heavy atom. The fourth-order valence-corrected chi connectivity index (χ4v) is 9.22. The number of aromatic nitrogens is 1. The molecule has 11 rings (SSSR count). The number of para-hydroxylation sites is 2. The van der Waals surface area contributed by atoms with Gasteiger partial charge in [0.1, 0.15) is 5.84 Å². The topological polar surface area (TPSA) is 43.3 Å². The van der Waals surface area contributed by atoms with Crippen LogP contribution in [0.3, 0.4) is 0 Å². The zero-order valence-electron chi connectivity index (χ0n) is 33.5. The van der Waals surface area contributed by atoms with Gasteiger partial charge >= 0.3 is 0 Å². The van der Waals surface area contributed by atoms with Crippen molar-refractivity contribution < 1.29 is 0 Å². The predicted octanol–water partition coefficient (Wildman–Crippen LogP) is 14.6. The van der Waals surface area contributed by atoms with Gasteiger partial charge in [-0.25, -0.2) is 4.99 Å². The molecular weight excluding hydrogens is 739 g/mol. The van der Waals surface area contributed by atoms with Gasteiger partial charge in [0.05, 0.1) is 16.7 Å². The van der Waals surface area contributed by atoms with E-state index in [-0.39, 0.29) is 0 Å². The third-order valence-corrected chi connectivity index (χ3v) is 12.0. The van der Waals surface area contributed by atoms with E-state index in [0.717, 1.165) is 28.1 Å². The van der Waals surface area contributed by atoms with Crippen molar-refractivity contribution in [2.24, 2.45) is 10.7 Å². The number of nitrogens with two attached hydrogens (primary N) is 1. The van der Waals surface area contributed by atoms with Crippen molar-refractivity contribution >= 4 is 65.7 Å². The highest BCUT2D eigenvalue weighted by Gasteiger charge is 2.19. The molecule has 0 radical (unpaired) electrons. The largest absolute Gasteiger partial charge is 0.383 e. The summed E-state index contributed by atoms with van der Waals surface area (Å²) < 4.78 is 2.37. The van der Waals surface area contributed by atoms with Crippen molar-refractivity contribution in [3.8, 4) is 27.9 Å². The highest BCUT2D eigenvalue weighted by Crippen LogP contribution is 2.46. The van der Waals surface area contributed by atoms with Crippen LogP contribution in [0.1, 0.15) is 16.7 Å². The summed E-state index contributed by atoms with van der Waals surface area (Å²) in [6.45, 7) is 0. The first-order chi connectivity index (χ1) is 30.2. The van der Waals surface area contributed by atoms with E-state index in [4.69, 9.17) is 10.7 Å². The smallest absolute Gasteiger partial charge is 0.131 e. The fourth-order valence-electron chi connectivity index (χ4n) is 9.22. The Bertz CT molecular complexity index is 3470. The lowest BCUT2D eigenvalue weighted by Gasteiger charge is -2.19. The van der Waals surface area contributed by atoms with Gasteiger partial charge in [0, 0.05) is 22.0 Å². The maximum Gasteiger partial charge on any atom is 0.131 e. The Kier molecular flexibility index (Phi) is 9.05. The van der Waals surface area contributed by atoms with Crippen LogP contribution in [0.25, 0.3) is 87.8 Å². The molecular formula is C58H41N3. The van der Waals surface area contributed by atoms with E-state index < -0.39 is 0 Å². The second-order valence-corrected chi connectivity index (χ2v) is 15.6. The van der Waals surface area contributed by atoms with E-state index in [1.807, 2.05) is 30.3 Å². The van der Waals surface area contributed by atoms with Crippen LogP contribution in [0.5, 0.6) is 0 Å². The number of hydrogen-bond acceptors (Lipinski definition) is 1. The van der Waals surface area contributed by atoms with Gasteiger partial charge in [0.25, 0.3) is 0 Å². The molecule has 1 aromatic heterocycles. The van der Waals surface area contributed by atoms with E-state index in [0.29, 0.717) is 12.3 Å². The number of benzene rings is 10. The van der Waals surface area contributed by atoms with E-state index in [2.05, 4.69) is 199 Å². The number of fused-ring (bicyclic) bond motifs is 7. The number of allylic oxidation sites excluding steroid dienone is 1. The molecule has 0 saturated heterocycles. The molecule has 0 bridgehead atoms. The summed E-state index contributed by atoms with van der Waals surface area (Å²) in [4.78, 5) is 5.13. The van der Waals surface area contributed by atoms with Crippen LogP contribution in [0.4, 0.5) is 0 Å². The molecule has 1 heterocycles. The quantitative estimate of drug-likeness (QED) is 0.0710. The predicted molar refractivity (Wildman–Crippen MR) is 259 cm³/mol. The lowest BCUT2D eigenvalue weighted by atomic mass is 9.84. The number of hydrogen-bond donors (Lipinski definition) is 1. The van der Waals surface area contributed by atoms with Crippen LogP contribution < -0.4 is 5.73 Å². The van der Waals surface area contributed by atoms with Crippen molar-refractivity contribution in [1.82, 2.24) is 4.57 Å². The average molecular weight is 780 g/mol. The Balaban J connectivity index is 1.06. The molecule has 0 spiro atoms. The monoisotopic (exact) mass is 779 g/mol. The first-order valence-electron chi connectivity index (χ1n) is 20.9. The molecule has 0 saturated carbocycles. The van der Waals surface area contributed by atoms with Crippen molar-refractivity contribution in [3.63, 3.8) is 0 Å². The van der Waals surface area contributed by atoms with Crippen molar-refractivity contribution in [1.29, 1.82) is 0 Å². The molecule has 0 unspecified atom stereocenters. The van der Waals surface area contributed by atoms with E-state index in [9.17, 15) is 0 Å². The summed E-state index contributed by atoms with van der Waals surface area (Å²) in [7, 11) is 0. The van der Waals surface area contributed by atoms with Crippen molar-refractivity contribution in [2.45, 2.75) is 6.42 Å². The van der Waals surface area contributed by atoms with Crippen LogP contribution in [0, 0.1) is 0 Å². The summed E-state index contributed by atoms with van der Waals surface area (Å²) in [6.07, 6.45) is 2.89. The lowest BCUT2D eigenvalue weighted by Crippen LogP contribution is -2.13. The number of aliphatic imine (C=N–C) groups is 1. The fraction of sp³-hybridized carbons (Fsp3) is 0.0172. The van der Waals surface area contributed by atoms with Gasteiger partial charge in [-0.15, -0.1) is 0 Å². The molecule has 288 valence electrons. The van der Waals surface area contributed by atoms with Gasteiger partial charge < -0.3 is 10.3 Å². The molecule has 10 aromatic carbocycles. The van der Waals surface area contributed by atoms with Gasteiger partial charge in [-0.05, 0) is 96.4 Å². The van der Waals surface area contributed by atoms with Gasteiger partial charge in [0.15, 0.2) is 0 Å². The van der Waals surface area contributed by atoms with E-state index >= 15 is 0 Å². The highest BCUT2D eigenvalue weighted by molar-refractivity contribution is 6.28. The Morgan fingerprint density at radius 2 is 1.02 bits per heavy atom. The summed E-state index contributed by atoms with van der Waals surface area (Å²) in [5, 5.41) is 9.90. The first kappa shape index (κ1) is 36.1. The van der Waals surface area contributed by atoms with Crippen LogP contribution in [-0.4, -0.2) is 10.4 Å². The van der Waals surface area contributed by atoms with Crippen LogP contribution in [0.2, 0.25) is 0 Å². The molecule has 3 heteroatoms. The zero-order chi connectivity index (χ0) is 40.7. The molecule has 0 amide bonds. The van der Waals surface area contributed by atoms with Crippen molar-refractivity contribution in [2.75, 3.05) is 0 Å². The van der Waals surface area contributed by atoms with Crippen molar-refractivity contribution in [3.05, 3.63) is 241 Å². The molecule has 2 N–H and O–H groups in total. The Labute approximate surface area is 355 Å². The average Bonchev–Trinajstić information content (AvgIpc) is 3.66.